The molecule has 0 aliphatic carbocycles. The van der Waals surface area contributed by atoms with E-state index in [1.807, 2.05) is 35.8 Å². The lowest BCUT2D eigenvalue weighted by atomic mass is 10.0. The van der Waals surface area contributed by atoms with Crippen molar-refractivity contribution in [1.29, 1.82) is 5.26 Å². The lowest BCUT2D eigenvalue weighted by Gasteiger charge is -2.09. The van der Waals surface area contributed by atoms with Gasteiger partial charge in [0.05, 0.1) is 23.5 Å². The molecule has 3 aromatic heterocycles. The lowest BCUT2D eigenvalue weighted by Crippen LogP contribution is -2.05. The summed E-state index contributed by atoms with van der Waals surface area (Å²) in [5.41, 5.74) is 10.8. The third-order valence-corrected chi connectivity index (χ3v) is 4.85. The van der Waals surface area contributed by atoms with Gasteiger partial charge in [-0.1, -0.05) is 35.0 Å². The third kappa shape index (κ3) is 3.40. The molecule has 0 saturated heterocycles. The largest absolute Gasteiger partial charge is 0.396 e. The number of anilines is 1. The number of allylic oxidation sites excluding steroid dienone is 1. The van der Waals surface area contributed by atoms with Crippen LogP contribution in [-0.2, 0) is 6.54 Å². The number of aryl methyl sites for hydroxylation is 2. The van der Waals surface area contributed by atoms with Crippen LogP contribution in [-0.4, -0.2) is 41.2 Å². The Morgan fingerprint density at radius 2 is 2.07 bits per heavy atom. The number of rotatable bonds is 6. The maximum absolute atomic E-state index is 9.74. The topological polar surface area (TPSA) is 131 Å². The number of aliphatic hydroxyl groups is 1. The normalized spacial score (nSPS) is 11.7. The van der Waals surface area contributed by atoms with Crippen LogP contribution in [0.15, 0.2) is 43.0 Å². The van der Waals surface area contributed by atoms with Crippen molar-refractivity contribution in [3.05, 3.63) is 54.2 Å². The molecule has 150 valence electrons. The fourth-order valence-corrected chi connectivity index (χ4v) is 3.44. The van der Waals surface area contributed by atoms with Gasteiger partial charge < -0.3 is 15.4 Å². The van der Waals surface area contributed by atoms with Crippen LogP contribution >= 0.6 is 0 Å². The predicted octanol–water partition coefficient (Wildman–Crippen LogP) is 2.48. The molecule has 9 nitrogen and oxygen atoms in total. The van der Waals surface area contributed by atoms with Crippen LogP contribution in [0.3, 0.4) is 0 Å². The van der Waals surface area contributed by atoms with Crippen LogP contribution < -0.4 is 5.73 Å². The first-order valence-corrected chi connectivity index (χ1v) is 9.43. The van der Waals surface area contributed by atoms with E-state index in [9.17, 15) is 10.4 Å². The Morgan fingerprint density at radius 1 is 1.27 bits per heavy atom. The van der Waals surface area contributed by atoms with Crippen LogP contribution in [0.1, 0.15) is 17.7 Å². The van der Waals surface area contributed by atoms with Crippen molar-refractivity contribution in [1.82, 2.24) is 29.5 Å². The van der Waals surface area contributed by atoms with E-state index < -0.39 is 0 Å². The number of aromatic nitrogens is 6. The monoisotopic (exact) mass is 400 g/mol. The second-order valence-corrected chi connectivity index (χ2v) is 6.80. The number of hydrogen-bond acceptors (Lipinski definition) is 7. The molecule has 0 amide bonds. The third-order valence-electron chi connectivity index (χ3n) is 4.85. The van der Waals surface area contributed by atoms with Crippen molar-refractivity contribution in [2.45, 2.75) is 19.9 Å². The summed E-state index contributed by atoms with van der Waals surface area (Å²) in [5.74, 6) is 0.354. The molecular formula is C21H20N8O. The molecule has 3 N–H and O–H groups in total. The molecule has 4 aromatic rings. The van der Waals surface area contributed by atoms with E-state index in [1.54, 1.807) is 12.3 Å². The van der Waals surface area contributed by atoms with Gasteiger partial charge in [-0.3, -0.25) is 0 Å². The maximum Gasteiger partial charge on any atom is 0.146 e. The average Bonchev–Trinajstić information content (AvgIpc) is 3.38. The van der Waals surface area contributed by atoms with Gasteiger partial charge in [-0.05, 0) is 25.0 Å². The van der Waals surface area contributed by atoms with Gasteiger partial charge in [0.15, 0.2) is 0 Å². The summed E-state index contributed by atoms with van der Waals surface area (Å²) in [6, 6.07) is 10.2. The molecule has 0 atom stereocenters. The molecule has 0 saturated carbocycles. The van der Waals surface area contributed by atoms with Gasteiger partial charge in [-0.25, -0.2) is 14.6 Å². The van der Waals surface area contributed by atoms with E-state index in [2.05, 4.69) is 26.3 Å². The van der Waals surface area contributed by atoms with Gasteiger partial charge in [0.2, 0.25) is 0 Å². The number of nitrogen functional groups attached to an aromatic ring is 1. The molecule has 1 aromatic carbocycles. The molecule has 0 bridgehead atoms. The average molecular weight is 400 g/mol. The number of fused-ring (bicyclic) bond motifs is 1. The molecule has 4 rings (SSSR count). The van der Waals surface area contributed by atoms with Gasteiger partial charge in [0, 0.05) is 18.7 Å². The zero-order valence-electron chi connectivity index (χ0n) is 16.4. The number of nitrogens with two attached hydrogens (primary N) is 1. The van der Waals surface area contributed by atoms with E-state index in [4.69, 9.17) is 5.73 Å². The lowest BCUT2D eigenvalue weighted by molar-refractivity contribution is 0.280. The van der Waals surface area contributed by atoms with E-state index in [0.717, 1.165) is 22.4 Å². The Bertz CT molecular complexity index is 1250. The second-order valence-electron chi connectivity index (χ2n) is 6.80. The second kappa shape index (κ2) is 8.14. The van der Waals surface area contributed by atoms with Gasteiger partial charge in [0.1, 0.15) is 29.6 Å². The Kier molecular flexibility index (Phi) is 5.24. The standard InChI is InChI=1S/C21H20N8O/c1-14-3-5-15(6-4-14)18-17(11-16(12-22)29-9-7-26-27-29)28(8-2-10-30)21-19(18)20(23)24-13-25-21/h3-7,9,11,13,30H,2,8,10H2,1H3,(H2,23,24,25)/b16-11-. The molecule has 0 aliphatic rings. The number of nitriles is 1. The molecule has 0 unspecified atom stereocenters. The zero-order chi connectivity index (χ0) is 21.1. The summed E-state index contributed by atoms with van der Waals surface area (Å²) in [6.07, 6.45) is 6.80. The van der Waals surface area contributed by atoms with Crippen LogP contribution in [0.5, 0.6) is 0 Å². The zero-order valence-corrected chi connectivity index (χ0v) is 16.4. The highest BCUT2D eigenvalue weighted by molar-refractivity contribution is 6.05. The summed E-state index contributed by atoms with van der Waals surface area (Å²) in [7, 11) is 0. The molecule has 0 spiro atoms. The first-order valence-electron chi connectivity index (χ1n) is 9.43. The Balaban J connectivity index is 2.08. The van der Waals surface area contributed by atoms with E-state index >= 15 is 0 Å². The fourth-order valence-electron chi connectivity index (χ4n) is 3.44. The smallest absolute Gasteiger partial charge is 0.146 e. The molecule has 0 aliphatic heterocycles. The summed E-state index contributed by atoms with van der Waals surface area (Å²) >= 11 is 0. The number of benzene rings is 1. The van der Waals surface area contributed by atoms with Crippen LogP contribution in [0, 0.1) is 18.3 Å². The van der Waals surface area contributed by atoms with Crippen LogP contribution in [0.25, 0.3) is 33.9 Å². The number of nitrogens with zero attached hydrogens (tertiary/aromatic N) is 7. The van der Waals surface area contributed by atoms with Crippen LogP contribution in [0.2, 0.25) is 0 Å². The minimum Gasteiger partial charge on any atom is -0.396 e. The van der Waals surface area contributed by atoms with E-state index in [0.29, 0.717) is 35.5 Å². The van der Waals surface area contributed by atoms with Crippen molar-refractivity contribution in [2.24, 2.45) is 0 Å². The molecule has 3 heterocycles. The Labute approximate surface area is 172 Å². The predicted molar refractivity (Wildman–Crippen MR) is 114 cm³/mol. The highest BCUT2D eigenvalue weighted by atomic mass is 16.3. The molecular weight excluding hydrogens is 380 g/mol. The summed E-state index contributed by atoms with van der Waals surface area (Å²) < 4.78 is 3.36. The van der Waals surface area contributed by atoms with Crippen LogP contribution in [0.4, 0.5) is 5.82 Å². The minimum absolute atomic E-state index is 0.0252. The summed E-state index contributed by atoms with van der Waals surface area (Å²) in [5, 5.41) is 27.6. The van der Waals surface area contributed by atoms with Crippen molar-refractivity contribution < 1.29 is 5.11 Å². The molecule has 0 radical (unpaired) electrons. The van der Waals surface area contributed by atoms with Gasteiger partial charge >= 0.3 is 0 Å². The van der Waals surface area contributed by atoms with Crippen molar-refractivity contribution in [3.8, 4) is 17.2 Å². The van der Waals surface area contributed by atoms with E-state index in [-0.39, 0.29) is 6.61 Å². The summed E-state index contributed by atoms with van der Waals surface area (Å²) in [4.78, 5) is 8.64. The Morgan fingerprint density at radius 3 is 2.73 bits per heavy atom. The van der Waals surface area contributed by atoms with Crippen molar-refractivity contribution in [3.63, 3.8) is 0 Å². The molecule has 9 heteroatoms. The SMILES string of the molecule is Cc1ccc(-c2c(/C=C(/C#N)n3ccnn3)n(CCCO)c3ncnc(N)c23)cc1. The van der Waals surface area contributed by atoms with Crippen molar-refractivity contribution in [2.75, 3.05) is 12.3 Å². The quantitative estimate of drug-likeness (QED) is 0.475. The van der Waals surface area contributed by atoms with Gasteiger partial charge in [0.25, 0.3) is 0 Å². The summed E-state index contributed by atoms with van der Waals surface area (Å²) in [6.45, 7) is 2.54. The first kappa shape index (κ1) is 19.3. The Hall–Kier alpha value is -4.03. The van der Waals surface area contributed by atoms with Crippen molar-refractivity contribution >= 4 is 28.6 Å². The maximum atomic E-state index is 9.74. The molecule has 0 fully saturated rings. The molecule has 30 heavy (non-hydrogen) atoms. The minimum atomic E-state index is 0.0252. The highest BCUT2D eigenvalue weighted by Gasteiger charge is 2.21. The fraction of sp³-hybridized carbons (Fsp3) is 0.190. The number of hydrogen-bond donors (Lipinski definition) is 2. The first-order chi connectivity index (χ1) is 14.6. The highest BCUT2D eigenvalue weighted by Crippen LogP contribution is 2.38. The number of aliphatic hydroxyl groups excluding tert-OH is 1. The van der Waals surface area contributed by atoms with Gasteiger partial charge in [-0.2, -0.15) is 5.26 Å². The van der Waals surface area contributed by atoms with Gasteiger partial charge in [-0.15, -0.1) is 5.10 Å². The van der Waals surface area contributed by atoms with E-state index in [1.165, 1.54) is 17.2 Å².